The van der Waals surface area contributed by atoms with Crippen molar-refractivity contribution in [2.75, 3.05) is 0 Å². The molecule has 0 saturated heterocycles. The average Bonchev–Trinajstić information content (AvgIpc) is 2.41. The molecule has 0 spiro atoms. The molecule has 0 fully saturated rings. The Hall–Kier alpha value is -2.23. The predicted molar refractivity (Wildman–Crippen MR) is 65.5 cm³/mol. The summed E-state index contributed by atoms with van der Waals surface area (Å²) >= 11 is 0. The molecule has 0 radical (unpaired) electrons. The van der Waals surface area contributed by atoms with Gasteiger partial charge in [0.2, 0.25) is 0 Å². The summed E-state index contributed by atoms with van der Waals surface area (Å²) in [5.74, 6) is 0. The summed E-state index contributed by atoms with van der Waals surface area (Å²) in [4.78, 5) is 13.2. The highest BCUT2D eigenvalue weighted by Crippen LogP contribution is 2.02. The first-order valence-corrected chi connectivity index (χ1v) is 5.32. The van der Waals surface area contributed by atoms with E-state index in [0.717, 1.165) is 16.8 Å². The molecule has 0 saturated carbocycles. The van der Waals surface area contributed by atoms with Gasteiger partial charge in [0.15, 0.2) is 0 Å². The van der Waals surface area contributed by atoms with E-state index in [9.17, 15) is 0 Å². The Kier molecular flexibility index (Phi) is 3.81. The van der Waals surface area contributed by atoms with Gasteiger partial charge in [-0.15, -0.1) is 0 Å². The molecule has 0 N–H and O–H groups in total. The van der Waals surface area contributed by atoms with Crippen LogP contribution in [0.1, 0.15) is 18.1 Å². The van der Waals surface area contributed by atoms with Crippen LogP contribution in [-0.2, 0) is 11.4 Å². The van der Waals surface area contributed by atoms with Gasteiger partial charge < -0.3 is 4.84 Å². The quantitative estimate of drug-likeness (QED) is 0.595. The molecule has 0 bridgehead atoms. The molecule has 2 rings (SSSR count). The smallest absolute Gasteiger partial charge is 0.142 e. The van der Waals surface area contributed by atoms with Crippen LogP contribution in [0.25, 0.3) is 0 Å². The fourth-order valence-corrected chi connectivity index (χ4v) is 1.31. The number of hydrogen-bond donors (Lipinski definition) is 0. The van der Waals surface area contributed by atoms with Crippen molar-refractivity contribution in [1.29, 1.82) is 0 Å². The lowest BCUT2D eigenvalue weighted by Crippen LogP contribution is -1.97. The second kappa shape index (κ2) is 5.75. The lowest BCUT2D eigenvalue weighted by atomic mass is 10.2. The molecule has 0 atom stereocenters. The number of nitrogens with zero attached hydrogens (tertiary/aromatic N) is 3. The molecule has 86 valence electrons. The number of pyridine rings is 2. The van der Waals surface area contributed by atoms with Gasteiger partial charge in [-0.05, 0) is 36.8 Å². The highest BCUT2D eigenvalue weighted by molar-refractivity contribution is 5.97. The number of rotatable bonds is 4. The molecule has 4 heteroatoms. The Morgan fingerprint density at radius 1 is 1.18 bits per heavy atom. The summed E-state index contributed by atoms with van der Waals surface area (Å²) in [5, 5.41) is 4.05. The molecule has 2 heterocycles. The van der Waals surface area contributed by atoms with Crippen LogP contribution in [0, 0.1) is 0 Å². The number of aromatic nitrogens is 2. The van der Waals surface area contributed by atoms with E-state index in [1.54, 1.807) is 24.8 Å². The molecule has 0 aliphatic heterocycles. The van der Waals surface area contributed by atoms with E-state index in [1.165, 1.54) is 0 Å². The zero-order valence-electron chi connectivity index (χ0n) is 9.58. The summed E-state index contributed by atoms with van der Waals surface area (Å²) in [6.45, 7) is 2.34. The number of oxime groups is 1. The van der Waals surface area contributed by atoms with Gasteiger partial charge in [0.25, 0.3) is 0 Å². The fraction of sp³-hybridized carbons (Fsp3) is 0.154. The molecule has 4 nitrogen and oxygen atoms in total. The Labute approximate surface area is 100.0 Å². The third-order valence-corrected chi connectivity index (χ3v) is 2.26. The minimum absolute atomic E-state index is 0.445. The topological polar surface area (TPSA) is 47.4 Å². The van der Waals surface area contributed by atoms with E-state index in [-0.39, 0.29) is 0 Å². The third-order valence-electron chi connectivity index (χ3n) is 2.26. The zero-order chi connectivity index (χ0) is 11.9. The summed E-state index contributed by atoms with van der Waals surface area (Å²) in [6, 6.07) is 7.61. The van der Waals surface area contributed by atoms with Gasteiger partial charge in [0.05, 0.1) is 5.71 Å². The van der Waals surface area contributed by atoms with E-state index >= 15 is 0 Å². The van der Waals surface area contributed by atoms with Crippen LogP contribution < -0.4 is 0 Å². The Morgan fingerprint density at radius 2 is 2.00 bits per heavy atom. The minimum Gasteiger partial charge on any atom is -0.391 e. The number of hydrogen-bond acceptors (Lipinski definition) is 4. The molecule has 0 unspecified atom stereocenters. The molecular weight excluding hydrogens is 214 g/mol. The fourth-order valence-electron chi connectivity index (χ4n) is 1.31. The van der Waals surface area contributed by atoms with E-state index in [2.05, 4.69) is 15.1 Å². The Morgan fingerprint density at radius 3 is 2.71 bits per heavy atom. The average molecular weight is 227 g/mol. The minimum atomic E-state index is 0.445. The van der Waals surface area contributed by atoms with Gasteiger partial charge in [0, 0.05) is 30.4 Å². The summed E-state index contributed by atoms with van der Waals surface area (Å²) < 4.78 is 0. The van der Waals surface area contributed by atoms with Crippen LogP contribution in [-0.4, -0.2) is 15.7 Å². The second-order valence-corrected chi connectivity index (χ2v) is 3.55. The first kappa shape index (κ1) is 11.3. The van der Waals surface area contributed by atoms with Crippen molar-refractivity contribution in [2.24, 2.45) is 5.16 Å². The summed E-state index contributed by atoms with van der Waals surface area (Å²) in [6.07, 6.45) is 6.95. The van der Waals surface area contributed by atoms with Crippen molar-refractivity contribution in [3.63, 3.8) is 0 Å². The van der Waals surface area contributed by atoms with Crippen molar-refractivity contribution in [1.82, 2.24) is 9.97 Å². The van der Waals surface area contributed by atoms with E-state index in [1.807, 2.05) is 31.2 Å². The van der Waals surface area contributed by atoms with Gasteiger partial charge in [-0.2, -0.15) is 0 Å². The van der Waals surface area contributed by atoms with Crippen LogP contribution in [0.4, 0.5) is 0 Å². The van der Waals surface area contributed by atoms with E-state index < -0.39 is 0 Å². The molecular formula is C13H13N3O. The standard InChI is InChI=1S/C13H13N3O/c1-11(13-3-2-6-15-9-13)16-17-10-12-4-7-14-8-5-12/h2-9H,10H2,1H3/b16-11+. The van der Waals surface area contributed by atoms with E-state index in [4.69, 9.17) is 4.84 Å². The normalized spacial score (nSPS) is 11.2. The molecule has 0 aliphatic carbocycles. The molecule has 0 aliphatic rings. The van der Waals surface area contributed by atoms with Gasteiger partial charge in [-0.1, -0.05) is 5.16 Å². The molecule has 17 heavy (non-hydrogen) atoms. The lowest BCUT2D eigenvalue weighted by Gasteiger charge is -2.01. The van der Waals surface area contributed by atoms with Crippen LogP contribution in [0.3, 0.4) is 0 Å². The van der Waals surface area contributed by atoms with Gasteiger partial charge in [-0.3, -0.25) is 9.97 Å². The first-order valence-electron chi connectivity index (χ1n) is 5.32. The maximum absolute atomic E-state index is 5.27. The monoisotopic (exact) mass is 227 g/mol. The van der Waals surface area contributed by atoms with Crippen molar-refractivity contribution in [3.8, 4) is 0 Å². The largest absolute Gasteiger partial charge is 0.391 e. The molecule has 0 amide bonds. The van der Waals surface area contributed by atoms with Crippen LogP contribution >= 0.6 is 0 Å². The lowest BCUT2D eigenvalue weighted by molar-refractivity contribution is 0.130. The molecule has 2 aromatic heterocycles. The SMILES string of the molecule is C/C(=N\OCc1ccncc1)c1cccnc1. The highest BCUT2D eigenvalue weighted by atomic mass is 16.6. The van der Waals surface area contributed by atoms with Crippen molar-refractivity contribution in [3.05, 3.63) is 60.2 Å². The summed E-state index contributed by atoms with van der Waals surface area (Å²) in [7, 11) is 0. The second-order valence-electron chi connectivity index (χ2n) is 3.55. The predicted octanol–water partition coefficient (Wildman–Crippen LogP) is 2.42. The Bertz CT molecular complexity index is 483. The maximum atomic E-state index is 5.27. The van der Waals surface area contributed by atoms with Crippen LogP contribution in [0.15, 0.2) is 54.2 Å². The maximum Gasteiger partial charge on any atom is 0.142 e. The Balaban J connectivity index is 1.93. The molecule has 2 aromatic rings. The van der Waals surface area contributed by atoms with Crippen LogP contribution in [0.5, 0.6) is 0 Å². The van der Waals surface area contributed by atoms with Gasteiger partial charge in [-0.25, -0.2) is 0 Å². The van der Waals surface area contributed by atoms with Gasteiger partial charge in [0.1, 0.15) is 6.61 Å². The van der Waals surface area contributed by atoms with Crippen LogP contribution in [0.2, 0.25) is 0 Å². The van der Waals surface area contributed by atoms with Crippen molar-refractivity contribution < 1.29 is 4.84 Å². The third kappa shape index (κ3) is 3.38. The molecule has 0 aromatic carbocycles. The van der Waals surface area contributed by atoms with Crippen molar-refractivity contribution >= 4 is 5.71 Å². The zero-order valence-corrected chi connectivity index (χ0v) is 9.58. The van der Waals surface area contributed by atoms with Crippen molar-refractivity contribution in [2.45, 2.75) is 13.5 Å². The van der Waals surface area contributed by atoms with Gasteiger partial charge >= 0.3 is 0 Å². The first-order chi connectivity index (χ1) is 8.36. The highest BCUT2D eigenvalue weighted by Gasteiger charge is 1.97. The van der Waals surface area contributed by atoms with E-state index in [0.29, 0.717) is 6.61 Å². The summed E-state index contributed by atoms with van der Waals surface area (Å²) in [5.41, 5.74) is 2.82.